The van der Waals surface area contributed by atoms with Crippen LogP contribution < -0.4 is 10.5 Å². The number of benzene rings is 2. The zero-order chi connectivity index (χ0) is 13.8. The van der Waals surface area contributed by atoms with E-state index in [-0.39, 0.29) is 12.4 Å². The molecular weight excluding hydrogens is 313 g/mol. The summed E-state index contributed by atoms with van der Waals surface area (Å²) in [5.41, 5.74) is 6.79. The highest BCUT2D eigenvalue weighted by Crippen LogP contribution is 2.25. The first-order valence-corrected chi connectivity index (χ1v) is 6.47. The lowest BCUT2D eigenvalue weighted by molar-refractivity contribution is 0.106. The maximum atomic E-state index is 13.4. The Labute approximate surface area is 118 Å². The maximum Gasteiger partial charge on any atom is 0.165 e. The summed E-state index contributed by atoms with van der Waals surface area (Å²) in [6, 6.07) is 11.3. The molecule has 0 radical (unpaired) electrons. The van der Waals surface area contributed by atoms with Gasteiger partial charge in [-0.3, -0.25) is 0 Å². The monoisotopic (exact) mass is 325 g/mol. The van der Waals surface area contributed by atoms with E-state index in [0.29, 0.717) is 15.7 Å². The molecule has 5 heteroatoms. The predicted octanol–water partition coefficient (Wildman–Crippen LogP) is 3.28. The molecule has 2 aromatic carbocycles. The second-order valence-corrected chi connectivity index (χ2v) is 4.95. The molecule has 0 aliphatic carbocycles. The summed E-state index contributed by atoms with van der Waals surface area (Å²) in [7, 11) is 0. The molecule has 2 rings (SSSR count). The minimum Gasteiger partial charge on any atom is -0.487 e. The molecule has 0 aliphatic rings. The Balaban J connectivity index is 2.06. The fraction of sp³-hybridized carbons (Fsp3) is 0.143. The fourth-order valence-electron chi connectivity index (χ4n) is 1.66. The summed E-state index contributed by atoms with van der Waals surface area (Å²) in [5.74, 6) is -0.389. The van der Waals surface area contributed by atoms with Crippen molar-refractivity contribution in [2.45, 2.75) is 6.10 Å². The molecule has 0 spiro atoms. The van der Waals surface area contributed by atoms with Gasteiger partial charge in [-0.15, -0.1) is 0 Å². The minimum absolute atomic E-state index is 0.0679. The van der Waals surface area contributed by atoms with E-state index in [1.165, 1.54) is 12.1 Å². The van der Waals surface area contributed by atoms with Crippen LogP contribution in [0, 0.1) is 5.82 Å². The quantitative estimate of drug-likeness (QED) is 0.848. The SMILES string of the molecule is Nc1ccccc1C(O)COc1cc(Br)ccc1F. The number of anilines is 1. The normalized spacial score (nSPS) is 12.2. The molecule has 0 aliphatic heterocycles. The first-order chi connectivity index (χ1) is 9.08. The Kier molecular flexibility index (Phi) is 4.39. The lowest BCUT2D eigenvalue weighted by Crippen LogP contribution is -2.12. The molecule has 1 atom stereocenters. The number of halogens is 2. The van der Waals surface area contributed by atoms with Gasteiger partial charge in [0.1, 0.15) is 12.7 Å². The van der Waals surface area contributed by atoms with Crippen LogP contribution in [-0.4, -0.2) is 11.7 Å². The van der Waals surface area contributed by atoms with E-state index >= 15 is 0 Å². The van der Waals surface area contributed by atoms with E-state index in [0.717, 1.165) is 0 Å². The van der Waals surface area contributed by atoms with Crippen molar-refractivity contribution in [3.05, 3.63) is 58.3 Å². The molecule has 0 heterocycles. The molecule has 100 valence electrons. The molecule has 2 aromatic rings. The second-order valence-electron chi connectivity index (χ2n) is 4.03. The number of aliphatic hydroxyl groups is 1. The molecule has 0 amide bonds. The minimum atomic E-state index is -0.903. The number of nitrogen functional groups attached to an aromatic ring is 1. The van der Waals surface area contributed by atoms with Gasteiger partial charge in [-0.1, -0.05) is 34.1 Å². The first-order valence-electron chi connectivity index (χ1n) is 5.68. The molecule has 0 aromatic heterocycles. The van der Waals surface area contributed by atoms with E-state index in [4.69, 9.17) is 10.5 Å². The van der Waals surface area contributed by atoms with Gasteiger partial charge in [0, 0.05) is 15.7 Å². The summed E-state index contributed by atoms with van der Waals surface area (Å²) >= 11 is 3.23. The summed E-state index contributed by atoms with van der Waals surface area (Å²) in [6.07, 6.45) is -0.903. The number of hydrogen-bond donors (Lipinski definition) is 2. The summed E-state index contributed by atoms with van der Waals surface area (Å²) < 4.78 is 19.4. The maximum absolute atomic E-state index is 13.4. The summed E-state index contributed by atoms with van der Waals surface area (Å²) in [6.45, 7) is -0.0679. The van der Waals surface area contributed by atoms with Gasteiger partial charge in [0.25, 0.3) is 0 Å². The van der Waals surface area contributed by atoms with Gasteiger partial charge in [0.15, 0.2) is 11.6 Å². The molecule has 1 unspecified atom stereocenters. The highest BCUT2D eigenvalue weighted by Gasteiger charge is 2.13. The summed E-state index contributed by atoms with van der Waals surface area (Å²) in [5, 5.41) is 9.98. The Bertz CT molecular complexity index is 577. The van der Waals surface area contributed by atoms with Crippen LogP contribution in [0.2, 0.25) is 0 Å². The van der Waals surface area contributed by atoms with Crippen LogP contribution >= 0.6 is 15.9 Å². The Morgan fingerprint density at radius 2 is 2.00 bits per heavy atom. The number of nitrogens with two attached hydrogens (primary N) is 1. The van der Waals surface area contributed by atoms with Crippen molar-refractivity contribution in [2.75, 3.05) is 12.3 Å². The molecular formula is C14H13BrFNO2. The molecule has 19 heavy (non-hydrogen) atoms. The molecule has 0 bridgehead atoms. The smallest absolute Gasteiger partial charge is 0.165 e. The lowest BCUT2D eigenvalue weighted by Gasteiger charge is -2.15. The van der Waals surface area contributed by atoms with Crippen LogP contribution in [-0.2, 0) is 0 Å². The van der Waals surface area contributed by atoms with Crippen molar-refractivity contribution in [2.24, 2.45) is 0 Å². The Hall–Kier alpha value is -1.59. The van der Waals surface area contributed by atoms with E-state index in [2.05, 4.69) is 15.9 Å². The highest BCUT2D eigenvalue weighted by atomic mass is 79.9. The van der Waals surface area contributed by atoms with Gasteiger partial charge in [-0.05, 0) is 24.3 Å². The van der Waals surface area contributed by atoms with Crippen LogP contribution in [0.25, 0.3) is 0 Å². The number of rotatable bonds is 4. The van der Waals surface area contributed by atoms with Crippen LogP contribution in [0.1, 0.15) is 11.7 Å². The highest BCUT2D eigenvalue weighted by molar-refractivity contribution is 9.10. The number of para-hydroxylation sites is 1. The van der Waals surface area contributed by atoms with E-state index in [1.807, 2.05) is 0 Å². The third-order valence-electron chi connectivity index (χ3n) is 2.64. The third kappa shape index (κ3) is 3.45. The zero-order valence-electron chi connectivity index (χ0n) is 10.0. The van der Waals surface area contributed by atoms with Gasteiger partial charge in [-0.25, -0.2) is 4.39 Å². The Morgan fingerprint density at radius 3 is 2.74 bits per heavy atom. The molecule has 0 fully saturated rings. The zero-order valence-corrected chi connectivity index (χ0v) is 11.6. The molecule has 3 N–H and O–H groups in total. The number of hydrogen-bond acceptors (Lipinski definition) is 3. The predicted molar refractivity (Wildman–Crippen MR) is 75.4 cm³/mol. The molecule has 3 nitrogen and oxygen atoms in total. The third-order valence-corrected chi connectivity index (χ3v) is 3.14. The van der Waals surface area contributed by atoms with Gasteiger partial charge in [-0.2, -0.15) is 0 Å². The molecule has 0 saturated heterocycles. The van der Waals surface area contributed by atoms with E-state index in [9.17, 15) is 9.50 Å². The van der Waals surface area contributed by atoms with Crippen molar-refractivity contribution in [3.63, 3.8) is 0 Å². The lowest BCUT2D eigenvalue weighted by atomic mass is 10.1. The van der Waals surface area contributed by atoms with Crippen molar-refractivity contribution in [1.29, 1.82) is 0 Å². The van der Waals surface area contributed by atoms with Crippen LogP contribution in [0.15, 0.2) is 46.9 Å². The summed E-state index contributed by atoms with van der Waals surface area (Å²) in [4.78, 5) is 0. The topological polar surface area (TPSA) is 55.5 Å². The van der Waals surface area contributed by atoms with Gasteiger partial charge >= 0.3 is 0 Å². The fourth-order valence-corrected chi connectivity index (χ4v) is 2.00. The van der Waals surface area contributed by atoms with E-state index < -0.39 is 11.9 Å². The first kappa shape index (κ1) is 13.8. The average Bonchev–Trinajstić information content (AvgIpc) is 2.40. The Morgan fingerprint density at radius 1 is 1.26 bits per heavy atom. The standard InChI is InChI=1S/C14H13BrFNO2/c15-9-5-6-11(16)14(7-9)19-8-13(18)10-3-1-2-4-12(10)17/h1-7,13,18H,8,17H2. The number of ether oxygens (including phenoxy) is 1. The van der Waals surface area contributed by atoms with Gasteiger partial charge in [0.05, 0.1) is 0 Å². The molecule has 0 saturated carbocycles. The van der Waals surface area contributed by atoms with Crippen molar-refractivity contribution in [3.8, 4) is 5.75 Å². The van der Waals surface area contributed by atoms with Gasteiger partial charge < -0.3 is 15.6 Å². The van der Waals surface area contributed by atoms with Crippen LogP contribution in [0.5, 0.6) is 5.75 Å². The van der Waals surface area contributed by atoms with Crippen LogP contribution in [0.3, 0.4) is 0 Å². The largest absolute Gasteiger partial charge is 0.487 e. The van der Waals surface area contributed by atoms with Gasteiger partial charge in [0.2, 0.25) is 0 Å². The van der Waals surface area contributed by atoms with Crippen molar-refractivity contribution < 1.29 is 14.2 Å². The van der Waals surface area contributed by atoms with Crippen LogP contribution in [0.4, 0.5) is 10.1 Å². The average molecular weight is 326 g/mol. The van der Waals surface area contributed by atoms with E-state index in [1.54, 1.807) is 30.3 Å². The van der Waals surface area contributed by atoms with Crippen molar-refractivity contribution >= 4 is 21.6 Å². The van der Waals surface area contributed by atoms with Crippen molar-refractivity contribution in [1.82, 2.24) is 0 Å². The number of aliphatic hydroxyl groups excluding tert-OH is 1. The second kappa shape index (κ2) is 6.04.